The van der Waals surface area contributed by atoms with Crippen LogP contribution in [-0.2, 0) is 20.6 Å². The highest BCUT2D eigenvalue weighted by Gasteiger charge is 2.18. The Labute approximate surface area is 68.2 Å². The van der Waals surface area contributed by atoms with E-state index in [9.17, 15) is 13.6 Å². The normalized spacial score (nSPS) is 15.5. The zero-order valence-corrected chi connectivity index (χ0v) is 7.35. The summed E-state index contributed by atoms with van der Waals surface area (Å²) in [6.07, 6.45) is 0.969. The van der Waals surface area contributed by atoms with Crippen LogP contribution in [0, 0.1) is 0 Å². The summed E-state index contributed by atoms with van der Waals surface area (Å²) < 4.78 is 25.1. The molecule has 0 aromatic heterocycles. The molecule has 0 N–H and O–H groups in total. The Balaban J connectivity index is 4.09. The quantitative estimate of drug-likeness (QED) is 0.457. The first kappa shape index (κ1) is 10.6. The number of rotatable bonds is 4. The summed E-state index contributed by atoms with van der Waals surface area (Å²) in [6.45, 7) is 1.81. The van der Waals surface area contributed by atoms with Crippen molar-refractivity contribution in [3.63, 3.8) is 0 Å². The van der Waals surface area contributed by atoms with E-state index in [1.807, 2.05) is 6.92 Å². The van der Waals surface area contributed by atoms with Gasteiger partial charge in [0.1, 0.15) is 5.25 Å². The fourth-order valence-electron chi connectivity index (χ4n) is 0.686. The third kappa shape index (κ3) is 3.48. The van der Waals surface area contributed by atoms with Gasteiger partial charge in [-0.2, -0.15) is 0 Å². The van der Waals surface area contributed by atoms with Crippen LogP contribution in [0.4, 0.5) is 0 Å². The molecule has 66 valence electrons. The third-order valence-electron chi connectivity index (χ3n) is 1.25. The van der Waals surface area contributed by atoms with E-state index in [2.05, 4.69) is 4.74 Å². The van der Waals surface area contributed by atoms with Crippen molar-refractivity contribution < 1.29 is 18.3 Å². The van der Waals surface area contributed by atoms with E-state index >= 15 is 0 Å². The van der Waals surface area contributed by atoms with Crippen molar-refractivity contribution in [2.45, 2.75) is 25.0 Å². The summed E-state index contributed by atoms with van der Waals surface area (Å²) in [5.74, 6) is -0.680. The van der Waals surface area contributed by atoms with Crippen LogP contribution in [0.25, 0.3) is 0 Å². The van der Waals surface area contributed by atoms with Crippen LogP contribution < -0.4 is 0 Å². The summed E-state index contributed by atoms with van der Waals surface area (Å²) in [4.78, 5) is 10.7. The molecule has 0 saturated heterocycles. The summed E-state index contributed by atoms with van der Waals surface area (Å²) in [7, 11) is 1.18. The smallest absolute Gasteiger partial charge is 0.320 e. The highest BCUT2D eigenvalue weighted by molar-refractivity contribution is 7.80. The highest BCUT2D eigenvalue weighted by atomic mass is 32.2. The van der Waals surface area contributed by atoms with Gasteiger partial charge in [-0.25, -0.2) is 0 Å². The molecule has 0 heterocycles. The molecule has 0 radical (unpaired) electrons. The number of esters is 1. The standard InChI is InChI=1S/C6H12O4S/c1-3-4-5(11(8)9)6(7)10-2/h5H,3-4H2,1-2H3,(H,8,9)/p-1. The van der Waals surface area contributed by atoms with Gasteiger partial charge >= 0.3 is 5.97 Å². The van der Waals surface area contributed by atoms with Crippen molar-refractivity contribution >= 4 is 17.0 Å². The molecule has 2 unspecified atom stereocenters. The first-order chi connectivity index (χ1) is 5.13. The van der Waals surface area contributed by atoms with E-state index in [0.29, 0.717) is 12.8 Å². The molecule has 0 rings (SSSR count). The van der Waals surface area contributed by atoms with E-state index in [0.717, 1.165) is 0 Å². The number of hydrogen-bond donors (Lipinski definition) is 0. The van der Waals surface area contributed by atoms with Crippen molar-refractivity contribution in [3.05, 3.63) is 0 Å². The number of carbonyl (C=O) groups excluding carboxylic acids is 1. The number of carbonyl (C=O) groups is 1. The SMILES string of the molecule is CCCC(C(=O)OC)S(=O)[O-]. The van der Waals surface area contributed by atoms with Crippen molar-refractivity contribution in [2.75, 3.05) is 7.11 Å². The minimum Gasteiger partial charge on any atom is -0.772 e. The van der Waals surface area contributed by atoms with E-state index in [1.54, 1.807) is 0 Å². The van der Waals surface area contributed by atoms with E-state index in [1.165, 1.54) is 7.11 Å². The maximum atomic E-state index is 10.7. The van der Waals surface area contributed by atoms with Crippen LogP contribution in [0.1, 0.15) is 19.8 Å². The van der Waals surface area contributed by atoms with Gasteiger partial charge in [-0.1, -0.05) is 13.3 Å². The zero-order chi connectivity index (χ0) is 8.85. The molecule has 0 aliphatic carbocycles. The van der Waals surface area contributed by atoms with Gasteiger partial charge in [0.05, 0.1) is 7.11 Å². The van der Waals surface area contributed by atoms with Crippen LogP contribution >= 0.6 is 0 Å². The lowest BCUT2D eigenvalue weighted by molar-refractivity contribution is -0.140. The number of ether oxygens (including phenoxy) is 1. The maximum absolute atomic E-state index is 10.7. The monoisotopic (exact) mass is 179 g/mol. The average molecular weight is 179 g/mol. The van der Waals surface area contributed by atoms with Crippen LogP contribution in [-0.4, -0.2) is 27.1 Å². The van der Waals surface area contributed by atoms with Gasteiger partial charge in [-0.15, -0.1) is 0 Å². The first-order valence-electron chi connectivity index (χ1n) is 3.29. The van der Waals surface area contributed by atoms with Gasteiger partial charge < -0.3 is 9.29 Å². The molecule has 0 aromatic rings. The molecule has 4 nitrogen and oxygen atoms in total. The Morgan fingerprint density at radius 1 is 1.73 bits per heavy atom. The Hall–Kier alpha value is -0.420. The van der Waals surface area contributed by atoms with E-state index < -0.39 is 22.3 Å². The Morgan fingerprint density at radius 2 is 2.27 bits per heavy atom. The molecule has 0 aromatic carbocycles. The molecule has 0 fully saturated rings. The van der Waals surface area contributed by atoms with Gasteiger partial charge in [0, 0.05) is 0 Å². The van der Waals surface area contributed by atoms with E-state index in [-0.39, 0.29) is 0 Å². The van der Waals surface area contributed by atoms with Crippen molar-refractivity contribution in [2.24, 2.45) is 0 Å². The van der Waals surface area contributed by atoms with E-state index in [4.69, 9.17) is 0 Å². The molecule has 0 spiro atoms. The molecule has 0 amide bonds. The fourth-order valence-corrected chi connectivity index (χ4v) is 1.37. The molecule has 0 aliphatic rings. The average Bonchev–Trinajstić information content (AvgIpc) is 1.98. The third-order valence-corrected chi connectivity index (χ3v) is 2.14. The lowest BCUT2D eigenvalue weighted by atomic mass is 10.2. The summed E-state index contributed by atoms with van der Waals surface area (Å²) in [5.41, 5.74) is 0. The van der Waals surface area contributed by atoms with Crippen molar-refractivity contribution in [3.8, 4) is 0 Å². The zero-order valence-electron chi connectivity index (χ0n) is 6.53. The van der Waals surface area contributed by atoms with Gasteiger partial charge in [-0.3, -0.25) is 9.00 Å². The lowest BCUT2D eigenvalue weighted by Gasteiger charge is -2.15. The topological polar surface area (TPSA) is 66.4 Å². The molecule has 0 aliphatic heterocycles. The minimum atomic E-state index is -2.36. The molecule has 0 bridgehead atoms. The van der Waals surface area contributed by atoms with Gasteiger partial charge in [0.2, 0.25) is 0 Å². The van der Waals surface area contributed by atoms with Crippen LogP contribution in [0.2, 0.25) is 0 Å². The molecule has 2 atom stereocenters. The fraction of sp³-hybridized carbons (Fsp3) is 0.833. The van der Waals surface area contributed by atoms with Crippen LogP contribution in [0.15, 0.2) is 0 Å². The highest BCUT2D eigenvalue weighted by Crippen LogP contribution is 2.04. The molecule has 0 saturated carbocycles. The Morgan fingerprint density at radius 3 is 2.55 bits per heavy atom. The molecular weight excluding hydrogens is 168 g/mol. The second kappa shape index (κ2) is 5.26. The predicted octanol–water partition coefficient (Wildman–Crippen LogP) is 0.207. The minimum absolute atomic E-state index is 0.322. The van der Waals surface area contributed by atoms with Gasteiger partial charge in [-0.05, 0) is 17.5 Å². The first-order valence-corrected chi connectivity index (χ1v) is 4.43. The predicted molar refractivity (Wildman–Crippen MR) is 39.6 cm³/mol. The van der Waals surface area contributed by atoms with Crippen LogP contribution in [0.5, 0.6) is 0 Å². The molecule has 5 heteroatoms. The summed E-state index contributed by atoms with van der Waals surface area (Å²) >= 11 is -2.36. The van der Waals surface area contributed by atoms with Gasteiger partial charge in [0.15, 0.2) is 0 Å². The maximum Gasteiger partial charge on any atom is 0.320 e. The largest absolute Gasteiger partial charge is 0.772 e. The molecule has 11 heavy (non-hydrogen) atoms. The lowest BCUT2D eigenvalue weighted by Crippen LogP contribution is -2.26. The summed E-state index contributed by atoms with van der Waals surface area (Å²) in [6, 6.07) is 0. The summed E-state index contributed by atoms with van der Waals surface area (Å²) in [5, 5.41) is -0.995. The van der Waals surface area contributed by atoms with Crippen LogP contribution in [0.3, 0.4) is 0 Å². The molecular formula is C6H11O4S-. The van der Waals surface area contributed by atoms with Gasteiger partial charge in [0.25, 0.3) is 0 Å². The van der Waals surface area contributed by atoms with Crippen molar-refractivity contribution in [1.29, 1.82) is 0 Å². The second-order valence-corrected chi connectivity index (χ2v) is 3.15. The second-order valence-electron chi connectivity index (χ2n) is 2.06. The number of hydrogen-bond acceptors (Lipinski definition) is 4. The van der Waals surface area contributed by atoms with Crippen molar-refractivity contribution in [1.82, 2.24) is 0 Å². The Kier molecular flexibility index (Phi) is 5.06. The Bertz CT molecular complexity index is 157. The number of methoxy groups -OCH3 is 1.